The fourth-order valence-corrected chi connectivity index (χ4v) is 2.61. The minimum absolute atomic E-state index is 0.0458. The van der Waals surface area contributed by atoms with Gasteiger partial charge in [-0.3, -0.25) is 4.79 Å². The van der Waals surface area contributed by atoms with Gasteiger partial charge < -0.3 is 15.0 Å². The Morgan fingerprint density at radius 3 is 2.40 bits per heavy atom. The normalized spacial score (nSPS) is 10.4. The Balaban J connectivity index is 2.14. The lowest BCUT2D eigenvalue weighted by atomic mass is 10.2. The van der Waals surface area contributed by atoms with Gasteiger partial charge in [0.1, 0.15) is 5.75 Å². The Morgan fingerprint density at radius 2 is 1.84 bits per heavy atom. The number of nitrogens with zero attached hydrogens (tertiary/aromatic N) is 3. The first kappa shape index (κ1) is 19.0. The van der Waals surface area contributed by atoms with Gasteiger partial charge in [-0.05, 0) is 31.0 Å². The van der Waals surface area contributed by atoms with Gasteiger partial charge in [0.05, 0.1) is 18.4 Å². The third kappa shape index (κ3) is 5.06. The summed E-state index contributed by atoms with van der Waals surface area (Å²) in [4.78, 5) is 22.8. The molecule has 1 aromatic heterocycles. The lowest BCUT2D eigenvalue weighted by molar-refractivity contribution is 0.0754. The summed E-state index contributed by atoms with van der Waals surface area (Å²) in [6.45, 7) is 5.56. The largest absolute Gasteiger partial charge is 0.495 e. The molecule has 0 aliphatic heterocycles. The zero-order valence-corrected chi connectivity index (χ0v) is 15.5. The first-order chi connectivity index (χ1) is 12.1. The number of methoxy groups -OCH3 is 1. The number of carbonyl (C=O) groups is 1. The van der Waals surface area contributed by atoms with Crippen molar-refractivity contribution in [1.29, 1.82) is 0 Å². The average molecular weight is 363 g/mol. The number of amides is 1. The van der Waals surface area contributed by atoms with Crippen LogP contribution in [-0.2, 0) is 0 Å². The van der Waals surface area contributed by atoms with Crippen molar-refractivity contribution in [2.24, 2.45) is 0 Å². The molecule has 0 saturated heterocycles. The molecule has 0 aliphatic rings. The molecule has 0 unspecified atom stereocenters. The number of ether oxygens (including phenoxy) is 1. The molecule has 0 atom stereocenters. The van der Waals surface area contributed by atoms with Crippen molar-refractivity contribution in [3.63, 3.8) is 0 Å². The maximum atomic E-state index is 12.5. The first-order valence-electron chi connectivity index (χ1n) is 8.30. The van der Waals surface area contributed by atoms with E-state index >= 15 is 0 Å². The summed E-state index contributed by atoms with van der Waals surface area (Å²) >= 11 is 6.01. The third-order valence-corrected chi connectivity index (χ3v) is 3.82. The topological polar surface area (TPSA) is 67.4 Å². The molecule has 25 heavy (non-hydrogen) atoms. The van der Waals surface area contributed by atoms with Gasteiger partial charge in [-0.15, -0.1) is 0 Å². The highest BCUT2D eigenvalue weighted by molar-refractivity contribution is 6.31. The lowest BCUT2D eigenvalue weighted by Gasteiger charge is -2.21. The summed E-state index contributed by atoms with van der Waals surface area (Å²) in [6.07, 6.45) is 4.90. The van der Waals surface area contributed by atoms with Gasteiger partial charge in [0, 0.05) is 30.5 Å². The van der Waals surface area contributed by atoms with E-state index in [2.05, 4.69) is 29.1 Å². The second-order valence-electron chi connectivity index (χ2n) is 5.56. The molecule has 1 amide bonds. The molecule has 7 heteroatoms. The molecule has 1 N–H and O–H groups in total. The van der Waals surface area contributed by atoms with Gasteiger partial charge >= 0.3 is 0 Å². The van der Waals surface area contributed by atoms with Crippen LogP contribution in [0.2, 0.25) is 5.02 Å². The maximum Gasteiger partial charge on any atom is 0.256 e. The Hall–Kier alpha value is -2.34. The van der Waals surface area contributed by atoms with Crippen LogP contribution in [0.4, 0.5) is 11.6 Å². The predicted molar refractivity (Wildman–Crippen MR) is 99.8 cm³/mol. The minimum atomic E-state index is -0.0458. The van der Waals surface area contributed by atoms with E-state index in [4.69, 9.17) is 16.3 Å². The summed E-state index contributed by atoms with van der Waals surface area (Å²) < 4.78 is 5.28. The number of hydrogen-bond acceptors (Lipinski definition) is 5. The minimum Gasteiger partial charge on any atom is -0.495 e. The molecular weight excluding hydrogens is 340 g/mol. The van der Waals surface area contributed by atoms with Crippen molar-refractivity contribution in [3.8, 4) is 5.75 Å². The highest BCUT2D eigenvalue weighted by atomic mass is 35.5. The van der Waals surface area contributed by atoms with Crippen molar-refractivity contribution in [2.75, 3.05) is 25.5 Å². The van der Waals surface area contributed by atoms with Gasteiger partial charge in [-0.2, -0.15) is 0 Å². The fraction of sp³-hybridized carbons (Fsp3) is 0.389. The van der Waals surface area contributed by atoms with Crippen molar-refractivity contribution < 1.29 is 9.53 Å². The molecule has 0 saturated carbocycles. The molecule has 0 aliphatic carbocycles. The van der Waals surface area contributed by atoms with Crippen molar-refractivity contribution in [2.45, 2.75) is 26.7 Å². The fourth-order valence-electron chi connectivity index (χ4n) is 2.44. The molecule has 1 aromatic carbocycles. The zero-order valence-electron chi connectivity index (χ0n) is 14.8. The number of nitrogens with one attached hydrogen (secondary N) is 1. The summed E-state index contributed by atoms with van der Waals surface area (Å²) in [5, 5.41) is 3.63. The quantitative estimate of drug-likeness (QED) is 0.764. The molecule has 6 nitrogen and oxygen atoms in total. The van der Waals surface area contributed by atoms with Gasteiger partial charge in [0.25, 0.3) is 5.91 Å². The number of aromatic nitrogens is 2. The summed E-state index contributed by atoms with van der Waals surface area (Å²) in [5.74, 6) is 0.954. The number of hydrogen-bond donors (Lipinski definition) is 1. The van der Waals surface area contributed by atoms with Crippen LogP contribution in [0.5, 0.6) is 5.75 Å². The van der Waals surface area contributed by atoms with Crippen molar-refractivity contribution >= 4 is 29.1 Å². The molecule has 0 bridgehead atoms. The maximum absolute atomic E-state index is 12.5. The molecule has 0 spiro atoms. The third-order valence-electron chi connectivity index (χ3n) is 3.58. The molecular formula is C18H23ClN4O2. The van der Waals surface area contributed by atoms with E-state index in [9.17, 15) is 4.79 Å². The van der Waals surface area contributed by atoms with Gasteiger partial charge in [-0.1, -0.05) is 25.4 Å². The zero-order chi connectivity index (χ0) is 18.2. The average Bonchev–Trinajstić information content (AvgIpc) is 2.62. The smallest absolute Gasteiger partial charge is 0.256 e. The SMILES string of the molecule is CCCN(CCC)C(=O)c1cnc(Nc2cc(Cl)ccc2OC)nc1. The molecule has 0 fully saturated rings. The molecule has 2 aromatic rings. The Labute approximate surface area is 153 Å². The van der Waals surface area contributed by atoms with Crippen LogP contribution in [0.3, 0.4) is 0 Å². The molecule has 1 heterocycles. The van der Waals surface area contributed by atoms with E-state index in [-0.39, 0.29) is 5.91 Å². The van der Waals surface area contributed by atoms with Crippen molar-refractivity contribution in [1.82, 2.24) is 14.9 Å². The number of rotatable bonds is 8. The summed E-state index contributed by atoms with van der Waals surface area (Å²) in [6, 6.07) is 5.23. The van der Waals surface area contributed by atoms with E-state index in [0.29, 0.717) is 28.0 Å². The first-order valence-corrected chi connectivity index (χ1v) is 8.68. The summed E-state index contributed by atoms with van der Waals surface area (Å²) in [5.41, 5.74) is 1.14. The van der Waals surface area contributed by atoms with Gasteiger partial charge in [0.15, 0.2) is 0 Å². The van der Waals surface area contributed by atoms with Gasteiger partial charge in [0.2, 0.25) is 5.95 Å². The monoisotopic (exact) mass is 362 g/mol. The van der Waals surface area contributed by atoms with Crippen LogP contribution in [-0.4, -0.2) is 41.0 Å². The molecule has 134 valence electrons. The van der Waals surface area contributed by atoms with Crippen LogP contribution < -0.4 is 10.1 Å². The van der Waals surface area contributed by atoms with E-state index < -0.39 is 0 Å². The van der Waals surface area contributed by atoms with E-state index in [1.807, 2.05) is 4.90 Å². The van der Waals surface area contributed by atoms with Gasteiger partial charge in [-0.25, -0.2) is 9.97 Å². The number of benzene rings is 1. The second kappa shape index (κ2) is 9.22. The number of halogens is 1. The van der Waals surface area contributed by atoms with Crippen LogP contribution in [0.25, 0.3) is 0 Å². The Morgan fingerprint density at radius 1 is 1.20 bits per heavy atom. The van der Waals surface area contributed by atoms with Crippen LogP contribution >= 0.6 is 11.6 Å². The van der Waals surface area contributed by atoms with Crippen LogP contribution in [0, 0.1) is 0 Å². The number of anilines is 2. The lowest BCUT2D eigenvalue weighted by Crippen LogP contribution is -2.32. The molecule has 2 rings (SSSR count). The standard InChI is InChI=1S/C18H23ClN4O2/c1-4-8-23(9-5-2)17(24)13-11-20-18(21-12-13)22-15-10-14(19)6-7-16(15)25-3/h6-7,10-12H,4-5,8-9H2,1-3H3,(H,20,21,22). The highest BCUT2D eigenvalue weighted by Gasteiger charge is 2.15. The van der Waals surface area contributed by atoms with E-state index in [1.54, 1.807) is 25.3 Å². The highest BCUT2D eigenvalue weighted by Crippen LogP contribution is 2.29. The van der Waals surface area contributed by atoms with Crippen LogP contribution in [0.1, 0.15) is 37.0 Å². The number of carbonyl (C=O) groups excluding carboxylic acids is 1. The predicted octanol–water partition coefficient (Wildman–Crippen LogP) is 4.14. The Kier molecular flexibility index (Phi) is 7.01. The summed E-state index contributed by atoms with van der Waals surface area (Å²) in [7, 11) is 1.58. The molecule has 0 radical (unpaired) electrons. The van der Waals surface area contributed by atoms with Crippen molar-refractivity contribution in [3.05, 3.63) is 41.2 Å². The Bertz CT molecular complexity index is 701. The second-order valence-corrected chi connectivity index (χ2v) is 5.99. The van der Waals surface area contributed by atoms with E-state index in [1.165, 1.54) is 12.4 Å². The van der Waals surface area contributed by atoms with Crippen LogP contribution in [0.15, 0.2) is 30.6 Å². The van der Waals surface area contributed by atoms with E-state index in [0.717, 1.165) is 25.9 Å².